The van der Waals surface area contributed by atoms with Crippen molar-refractivity contribution in [1.82, 2.24) is 15.2 Å². The number of anilines is 1. The van der Waals surface area contributed by atoms with Gasteiger partial charge in [-0.05, 0) is 54.7 Å². The van der Waals surface area contributed by atoms with Gasteiger partial charge in [-0.3, -0.25) is 9.89 Å². The monoisotopic (exact) mass is 359 g/mol. The average Bonchev–Trinajstić information content (AvgIpc) is 3.06. The van der Waals surface area contributed by atoms with Crippen molar-refractivity contribution in [3.63, 3.8) is 0 Å². The van der Waals surface area contributed by atoms with Crippen LogP contribution >= 0.6 is 0 Å². The molecule has 1 fully saturated rings. The molecule has 5 rings (SSSR count). The second kappa shape index (κ2) is 6.03. The molecule has 2 aromatic carbocycles. The molecule has 27 heavy (non-hydrogen) atoms. The number of hydrogen-bond acceptors (Lipinski definition) is 4. The standard InChI is InChI=1S/C21H21N5O/c22-12-18-24-19(26-25-18)14-5-7-15(8-6-14)23-20(27)17-11-21(17)10-9-13-3-1-2-4-16(13)21/h1-8,17H,9-12,22H2,(H,23,27)(H,24,25,26). The summed E-state index contributed by atoms with van der Waals surface area (Å²) < 4.78 is 0. The van der Waals surface area contributed by atoms with Crippen molar-refractivity contribution in [2.45, 2.75) is 31.2 Å². The molecule has 1 amide bonds. The Labute approximate surface area is 157 Å². The SMILES string of the molecule is NCc1nc(-c2ccc(NC(=O)C3CC34CCc3ccccc34)cc2)n[nH]1. The molecular formula is C21H21N5O. The fourth-order valence-electron chi connectivity index (χ4n) is 4.39. The number of nitrogens with two attached hydrogens (primary N) is 1. The number of H-pyrrole nitrogens is 1. The number of carbonyl (C=O) groups excluding carboxylic acids is 1. The smallest absolute Gasteiger partial charge is 0.228 e. The molecule has 1 aromatic heterocycles. The minimum Gasteiger partial charge on any atom is -0.326 e. The number of fused-ring (bicyclic) bond motifs is 2. The number of aryl methyl sites for hydroxylation is 1. The number of carbonyl (C=O) groups is 1. The van der Waals surface area contributed by atoms with E-state index in [0.717, 1.165) is 30.5 Å². The van der Waals surface area contributed by atoms with E-state index in [2.05, 4.69) is 44.8 Å². The largest absolute Gasteiger partial charge is 0.326 e. The van der Waals surface area contributed by atoms with E-state index in [1.165, 1.54) is 11.1 Å². The van der Waals surface area contributed by atoms with Crippen molar-refractivity contribution in [2.75, 3.05) is 5.32 Å². The molecular weight excluding hydrogens is 338 g/mol. The van der Waals surface area contributed by atoms with E-state index in [-0.39, 0.29) is 17.2 Å². The first kappa shape index (κ1) is 16.2. The zero-order valence-electron chi connectivity index (χ0n) is 14.9. The van der Waals surface area contributed by atoms with Gasteiger partial charge in [0, 0.05) is 22.6 Å². The van der Waals surface area contributed by atoms with E-state index in [1.54, 1.807) is 0 Å². The molecule has 2 aliphatic carbocycles. The first-order valence-electron chi connectivity index (χ1n) is 9.31. The quantitative estimate of drug-likeness (QED) is 0.667. The van der Waals surface area contributed by atoms with Gasteiger partial charge in [0.15, 0.2) is 5.82 Å². The summed E-state index contributed by atoms with van der Waals surface area (Å²) in [5, 5.41) is 10.0. The Balaban J connectivity index is 1.28. The van der Waals surface area contributed by atoms with Crippen LogP contribution in [0, 0.1) is 5.92 Å². The lowest BCUT2D eigenvalue weighted by molar-refractivity contribution is -0.117. The van der Waals surface area contributed by atoms with Crippen LogP contribution in [0.2, 0.25) is 0 Å². The summed E-state index contributed by atoms with van der Waals surface area (Å²) in [4.78, 5) is 17.1. The highest BCUT2D eigenvalue weighted by atomic mass is 16.2. The number of aromatic amines is 1. The highest BCUT2D eigenvalue weighted by Crippen LogP contribution is 2.61. The Morgan fingerprint density at radius 1 is 1.22 bits per heavy atom. The number of nitrogens with zero attached hydrogens (tertiary/aromatic N) is 2. The molecule has 1 heterocycles. The van der Waals surface area contributed by atoms with Crippen molar-refractivity contribution >= 4 is 11.6 Å². The third kappa shape index (κ3) is 2.64. The molecule has 0 radical (unpaired) electrons. The van der Waals surface area contributed by atoms with E-state index < -0.39 is 0 Å². The Morgan fingerprint density at radius 2 is 2.04 bits per heavy atom. The van der Waals surface area contributed by atoms with Gasteiger partial charge in [0.1, 0.15) is 5.82 Å². The Morgan fingerprint density at radius 3 is 2.81 bits per heavy atom. The number of nitrogens with one attached hydrogen (secondary N) is 2. The summed E-state index contributed by atoms with van der Waals surface area (Å²) >= 11 is 0. The highest BCUT2D eigenvalue weighted by molar-refractivity contribution is 5.96. The number of amides is 1. The van der Waals surface area contributed by atoms with E-state index in [4.69, 9.17) is 5.73 Å². The molecule has 136 valence electrons. The molecule has 3 aromatic rings. The maximum absolute atomic E-state index is 12.8. The third-order valence-electron chi connectivity index (χ3n) is 5.92. The van der Waals surface area contributed by atoms with Gasteiger partial charge < -0.3 is 11.1 Å². The normalized spacial score (nSPS) is 22.6. The lowest BCUT2D eigenvalue weighted by Gasteiger charge is -2.12. The molecule has 0 aliphatic heterocycles. The first-order chi connectivity index (χ1) is 13.2. The van der Waals surface area contributed by atoms with E-state index in [1.807, 2.05) is 24.3 Å². The second-order valence-electron chi connectivity index (χ2n) is 7.45. The molecule has 2 aliphatic rings. The van der Waals surface area contributed by atoms with Gasteiger partial charge in [-0.15, -0.1) is 0 Å². The molecule has 1 spiro atoms. The van der Waals surface area contributed by atoms with Crippen LogP contribution in [0.4, 0.5) is 5.69 Å². The van der Waals surface area contributed by atoms with Crippen molar-refractivity contribution in [3.8, 4) is 11.4 Å². The van der Waals surface area contributed by atoms with Gasteiger partial charge in [-0.1, -0.05) is 24.3 Å². The van der Waals surface area contributed by atoms with Crippen LogP contribution in [-0.2, 0) is 23.2 Å². The molecule has 1 saturated carbocycles. The van der Waals surface area contributed by atoms with Crippen LogP contribution in [0.25, 0.3) is 11.4 Å². The predicted molar refractivity (Wildman–Crippen MR) is 103 cm³/mol. The van der Waals surface area contributed by atoms with Gasteiger partial charge >= 0.3 is 0 Å². The third-order valence-corrected chi connectivity index (χ3v) is 5.92. The summed E-state index contributed by atoms with van der Waals surface area (Å²) in [7, 11) is 0. The summed E-state index contributed by atoms with van der Waals surface area (Å²) in [6.45, 7) is 0.327. The Hall–Kier alpha value is -2.99. The lowest BCUT2D eigenvalue weighted by atomic mass is 9.95. The van der Waals surface area contributed by atoms with Gasteiger partial charge in [-0.25, -0.2) is 4.98 Å². The number of aromatic nitrogens is 3. The van der Waals surface area contributed by atoms with Crippen molar-refractivity contribution in [3.05, 3.63) is 65.5 Å². The first-order valence-corrected chi connectivity index (χ1v) is 9.31. The lowest BCUT2D eigenvalue weighted by Crippen LogP contribution is -2.19. The summed E-state index contributed by atoms with van der Waals surface area (Å²) in [6, 6.07) is 16.1. The van der Waals surface area contributed by atoms with Crippen molar-refractivity contribution < 1.29 is 4.79 Å². The van der Waals surface area contributed by atoms with Crippen LogP contribution in [0.3, 0.4) is 0 Å². The zero-order valence-corrected chi connectivity index (χ0v) is 14.9. The average molecular weight is 359 g/mol. The summed E-state index contributed by atoms with van der Waals surface area (Å²) in [6.07, 6.45) is 3.11. The molecule has 6 nitrogen and oxygen atoms in total. The van der Waals surface area contributed by atoms with Gasteiger partial charge in [0.25, 0.3) is 0 Å². The molecule has 2 atom stereocenters. The van der Waals surface area contributed by atoms with Crippen LogP contribution in [0.15, 0.2) is 48.5 Å². The number of benzene rings is 2. The maximum atomic E-state index is 12.8. The topological polar surface area (TPSA) is 96.7 Å². The van der Waals surface area contributed by atoms with E-state index >= 15 is 0 Å². The Bertz CT molecular complexity index is 1010. The van der Waals surface area contributed by atoms with Gasteiger partial charge in [0.2, 0.25) is 5.91 Å². The minimum absolute atomic E-state index is 0.0677. The van der Waals surface area contributed by atoms with Crippen LogP contribution in [0.1, 0.15) is 29.8 Å². The fourth-order valence-corrected chi connectivity index (χ4v) is 4.39. The maximum Gasteiger partial charge on any atom is 0.228 e. The van der Waals surface area contributed by atoms with Crippen LogP contribution in [0.5, 0.6) is 0 Å². The van der Waals surface area contributed by atoms with E-state index in [9.17, 15) is 4.79 Å². The van der Waals surface area contributed by atoms with Gasteiger partial charge in [0.05, 0.1) is 6.54 Å². The summed E-state index contributed by atoms with van der Waals surface area (Å²) in [5.74, 6) is 1.44. The fraction of sp³-hybridized carbons (Fsp3) is 0.286. The number of hydrogen-bond donors (Lipinski definition) is 3. The molecule has 0 bridgehead atoms. The van der Waals surface area contributed by atoms with Gasteiger partial charge in [-0.2, -0.15) is 5.10 Å². The second-order valence-corrected chi connectivity index (χ2v) is 7.45. The Kier molecular flexibility index (Phi) is 3.62. The van der Waals surface area contributed by atoms with Crippen molar-refractivity contribution in [2.24, 2.45) is 11.7 Å². The number of rotatable bonds is 4. The minimum atomic E-state index is 0.0677. The van der Waals surface area contributed by atoms with Crippen molar-refractivity contribution in [1.29, 1.82) is 0 Å². The highest BCUT2D eigenvalue weighted by Gasteiger charge is 2.61. The zero-order chi connectivity index (χ0) is 18.4. The molecule has 4 N–H and O–H groups in total. The van der Waals surface area contributed by atoms with E-state index in [0.29, 0.717) is 18.2 Å². The van der Waals surface area contributed by atoms with Crippen LogP contribution in [-0.4, -0.2) is 21.1 Å². The molecule has 2 unspecified atom stereocenters. The predicted octanol–water partition coefficient (Wildman–Crippen LogP) is 2.77. The van der Waals surface area contributed by atoms with Crippen LogP contribution < -0.4 is 11.1 Å². The molecule has 6 heteroatoms. The summed E-state index contributed by atoms with van der Waals surface area (Å²) in [5.41, 5.74) is 10.1. The molecule has 0 saturated heterocycles.